The molecule has 406 valence electrons. The van der Waals surface area contributed by atoms with Gasteiger partial charge in [-0.1, -0.05) is 80.6 Å². The molecule has 4 aromatic rings. The molecule has 8 amide bonds. The monoisotopic (exact) mass is 1070 g/mol. The van der Waals surface area contributed by atoms with Crippen molar-refractivity contribution in [2.24, 2.45) is 23.1 Å². The van der Waals surface area contributed by atoms with Gasteiger partial charge >= 0.3 is 0 Å². The number of hydrogen-bond acceptors (Lipinski definition) is 15. The third-order valence-electron chi connectivity index (χ3n) is 12.2. The number of fused-ring (bicyclic) bond motifs is 1. The maximum absolute atomic E-state index is 14.5. The fourth-order valence-electron chi connectivity index (χ4n) is 7.85. The van der Waals surface area contributed by atoms with E-state index in [9.17, 15) is 53.7 Å². The predicted octanol–water partition coefficient (Wildman–Crippen LogP) is -0.489. The molecule has 9 atom stereocenters. The van der Waals surface area contributed by atoms with E-state index in [1.54, 1.807) is 13.8 Å². The van der Waals surface area contributed by atoms with Gasteiger partial charge in [-0.15, -0.1) is 0 Å². The molecule has 0 aliphatic carbocycles. The average Bonchev–Trinajstić information content (AvgIpc) is 3.37. The van der Waals surface area contributed by atoms with E-state index < -0.39 is 108 Å². The first-order chi connectivity index (χ1) is 35.6. The van der Waals surface area contributed by atoms with Gasteiger partial charge in [-0.05, 0) is 96.8 Å². The molecule has 0 aromatic heterocycles. The van der Waals surface area contributed by atoms with Gasteiger partial charge in [0.05, 0.1) is 12.1 Å². The summed E-state index contributed by atoms with van der Waals surface area (Å²) in [6, 6.07) is 14.5. The summed E-state index contributed by atoms with van der Waals surface area (Å²) in [4.78, 5) is 109. The fourth-order valence-corrected chi connectivity index (χ4v) is 8.36. The lowest BCUT2D eigenvalue weighted by Gasteiger charge is -2.29. The van der Waals surface area contributed by atoms with Crippen molar-refractivity contribution in [3.05, 3.63) is 108 Å². The lowest BCUT2D eigenvalue weighted by molar-refractivity contribution is -0.136. The standard InChI is InChI=1S/C52H70N10O11S2/c1-28(2)43(52(73)60-42(27-75)51(72)62-44(29(3)63)45(55)66)61-47(68)38(10-6-7-21-53)56-48(69)39(24-30-12-17-35(64)18-13-30)57-49(70)40(25-31-14-19-36(65)20-15-31)58-50(71)41(26-74)59-46(67)37(54)23-32-11-16-33-8-4-5-9-34(33)22-32/h4-5,8-9,11-20,22,28-29,37-44,63-65,74-75H,6-7,10,21,23-27,53-54H2,1-3H3,(H2,55,66)(H,56,69)(H,57,70)(H,58,71)(H,59,67)(H,60,73)(H,61,68)(H,62,72)/t29-,37+,38+,39-,40+,41+,42+,43+,44+/m1/s1. The van der Waals surface area contributed by atoms with Crippen molar-refractivity contribution in [2.75, 3.05) is 18.1 Å². The normalized spacial score (nSPS) is 14.8. The summed E-state index contributed by atoms with van der Waals surface area (Å²) >= 11 is 8.48. The minimum absolute atomic E-state index is 0.0267. The number of aliphatic hydroxyl groups is 1. The zero-order chi connectivity index (χ0) is 55.4. The Morgan fingerprint density at radius 2 is 0.933 bits per heavy atom. The second kappa shape index (κ2) is 29.8. The Labute approximate surface area is 446 Å². The summed E-state index contributed by atoms with van der Waals surface area (Å²) in [5, 5.41) is 50.1. The Balaban J connectivity index is 1.58. The largest absolute Gasteiger partial charge is 0.508 e. The Morgan fingerprint density at radius 3 is 1.41 bits per heavy atom. The molecule has 4 aromatic carbocycles. The van der Waals surface area contributed by atoms with Gasteiger partial charge in [0.25, 0.3) is 0 Å². The molecule has 75 heavy (non-hydrogen) atoms. The van der Waals surface area contributed by atoms with Crippen LogP contribution in [0.15, 0.2) is 91.0 Å². The van der Waals surface area contributed by atoms with Crippen molar-refractivity contribution < 1.29 is 53.7 Å². The van der Waals surface area contributed by atoms with Crippen molar-refractivity contribution in [1.82, 2.24) is 37.2 Å². The molecule has 4 rings (SSSR count). The van der Waals surface area contributed by atoms with Crippen molar-refractivity contribution in [3.63, 3.8) is 0 Å². The number of amides is 8. The number of rotatable bonds is 29. The van der Waals surface area contributed by atoms with E-state index in [1.807, 2.05) is 42.5 Å². The smallest absolute Gasteiger partial charge is 0.244 e. The predicted molar refractivity (Wildman–Crippen MR) is 289 cm³/mol. The van der Waals surface area contributed by atoms with Crippen LogP contribution in [0.5, 0.6) is 11.5 Å². The number of aromatic hydroxyl groups is 2. The van der Waals surface area contributed by atoms with Crippen LogP contribution in [0.25, 0.3) is 10.8 Å². The molecule has 0 saturated heterocycles. The van der Waals surface area contributed by atoms with Gasteiger partial charge in [0.2, 0.25) is 47.3 Å². The van der Waals surface area contributed by atoms with E-state index in [0.717, 1.165) is 16.3 Å². The molecule has 16 N–H and O–H groups in total. The van der Waals surface area contributed by atoms with Gasteiger partial charge in [-0.2, -0.15) is 25.3 Å². The first kappa shape index (κ1) is 60.6. The SMILES string of the molecule is CC(C)[C@H](NC(=O)[C@H](CCCCN)NC(=O)[C@@H](Cc1ccc(O)cc1)NC(=O)[C@H](Cc1ccc(O)cc1)NC(=O)[C@H](CS)NC(=O)[C@@H](N)Cc1ccc2ccccc2c1)C(=O)N[C@@H](CS)C(=O)N[C@H](C(N)=O)[C@@H](C)O. The maximum atomic E-state index is 14.5. The number of primary amides is 1. The van der Waals surface area contributed by atoms with Crippen molar-refractivity contribution in [3.8, 4) is 11.5 Å². The van der Waals surface area contributed by atoms with Gasteiger partial charge in [-0.25, -0.2) is 0 Å². The van der Waals surface area contributed by atoms with E-state index in [2.05, 4.69) is 62.5 Å². The molecule has 0 aliphatic heterocycles. The molecule has 0 heterocycles. The lowest BCUT2D eigenvalue weighted by Crippen LogP contribution is -2.62. The molecule has 0 spiro atoms. The quantitative estimate of drug-likeness (QED) is 0.0242. The molecule has 0 bridgehead atoms. The molecule has 0 unspecified atom stereocenters. The van der Waals surface area contributed by atoms with Gasteiger partial charge in [0.15, 0.2) is 0 Å². The van der Waals surface area contributed by atoms with Crippen LogP contribution in [0.1, 0.15) is 56.7 Å². The van der Waals surface area contributed by atoms with Crippen LogP contribution in [0, 0.1) is 5.92 Å². The lowest BCUT2D eigenvalue weighted by atomic mass is 10.00. The number of phenolic OH excluding ortho intramolecular Hbond substituents is 2. The number of hydrogen-bond donors (Lipinski definition) is 15. The summed E-state index contributed by atoms with van der Waals surface area (Å²) in [5.41, 5.74) is 19.2. The van der Waals surface area contributed by atoms with E-state index in [1.165, 1.54) is 55.5 Å². The number of benzene rings is 4. The second-order valence-electron chi connectivity index (χ2n) is 18.5. The van der Waals surface area contributed by atoms with E-state index >= 15 is 0 Å². The van der Waals surface area contributed by atoms with Crippen molar-refractivity contribution >= 4 is 83.3 Å². The summed E-state index contributed by atoms with van der Waals surface area (Å²) in [7, 11) is 0. The molecule has 21 nitrogen and oxygen atoms in total. The van der Waals surface area contributed by atoms with Crippen LogP contribution in [0.2, 0.25) is 0 Å². The zero-order valence-corrected chi connectivity index (χ0v) is 43.8. The van der Waals surface area contributed by atoms with Crippen LogP contribution >= 0.6 is 25.3 Å². The highest BCUT2D eigenvalue weighted by molar-refractivity contribution is 7.80. The third kappa shape index (κ3) is 19.1. The van der Waals surface area contributed by atoms with E-state index in [4.69, 9.17) is 17.2 Å². The number of nitrogens with one attached hydrogen (secondary N) is 7. The molecular weight excluding hydrogens is 1000 g/mol. The number of aliphatic hydroxyl groups excluding tert-OH is 1. The summed E-state index contributed by atoms with van der Waals surface area (Å²) in [6.45, 7) is 4.75. The van der Waals surface area contributed by atoms with Crippen LogP contribution in [-0.2, 0) is 57.6 Å². The Morgan fingerprint density at radius 1 is 0.507 bits per heavy atom. The number of nitrogens with two attached hydrogens (primary N) is 3. The van der Waals surface area contributed by atoms with Crippen molar-refractivity contribution in [2.45, 2.75) is 114 Å². The number of carbonyl (C=O) groups is 8. The topological polar surface area (TPSA) is 360 Å². The van der Waals surface area contributed by atoms with Gasteiger partial charge in [0, 0.05) is 24.3 Å². The van der Waals surface area contributed by atoms with E-state index in [-0.39, 0.29) is 55.2 Å². The molecular formula is C52H70N10O11S2. The molecule has 0 aliphatic rings. The molecule has 23 heteroatoms. The van der Waals surface area contributed by atoms with Gasteiger partial charge < -0.3 is 69.7 Å². The first-order valence-corrected chi connectivity index (χ1v) is 25.7. The summed E-state index contributed by atoms with van der Waals surface area (Å²) in [5.74, 6) is -7.81. The van der Waals surface area contributed by atoms with E-state index in [0.29, 0.717) is 24.0 Å². The highest BCUT2D eigenvalue weighted by Gasteiger charge is 2.35. The average molecular weight is 1080 g/mol. The zero-order valence-electron chi connectivity index (χ0n) is 42.0. The number of unbranched alkanes of at least 4 members (excludes halogenated alkanes) is 1. The van der Waals surface area contributed by atoms with Gasteiger partial charge in [-0.3, -0.25) is 38.4 Å². The minimum Gasteiger partial charge on any atom is -0.508 e. The molecule has 0 fully saturated rings. The van der Waals surface area contributed by atoms with Crippen LogP contribution in [0.4, 0.5) is 0 Å². The summed E-state index contributed by atoms with van der Waals surface area (Å²) in [6.07, 6.45) is -0.734. The first-order valence-electron chi connectivity index (χ1n) is 24.4. The van der Waals surface area contributed by atoms with Crippen LogP contribution in [-0.4, -0.2) is 135 Å². The molecule has 0 saturated carbocycles. The number of phenols is 2. The fraction of sp³-hybridized carbons (Fsp3) is 0.423. The van der Waals surface area contributed by atoms with Crippen molar-refractivity contribution in [1.29, 1.82) is 0 Å². The Bertz CT molecular complexity index is 2590. The maximum Gasteiger partial charge on any atom is 0.244 e. The second-order valence-corrected chi connectivity index (χ2v) is 19.3. The third-order valence-corrected chi connectivity index (χ3v) is 12.9. The van der Waals surface area contributed by atoms with Crippen LogP contribution in [0.3, 0.4) is 0 Å². The molecule has 0 radical (unpaired) electrons. The Hall–Kier alpha value is -6.92. The number of carbonyl (C=O) groups excluding carboxylic acids is 8. The number of thiol groups is 2. The highest BCUT2D eigenvalue weighted by atomic mass is 32.1. The highest BCUT2D eigenvalue weighted by Crippen LogP contribution is 2.18. The van der Waals surface area contributed by atoms with Gasteiger partial charge in [0.1, 0.15) is 53.8 Å². The van der Waals surface area contributed by atoms with Crippen LogP contribution < -0.4 is 54.4 Å². The minimum atomic E-state index is -1.47. The summed E-state index contributed by atoms with van der Waals surface area (Å²) < 4.78 is 0. The Kier molecular flexibility index (Phi) is 24.1.